The van der Waals surface area contributed by atoms with E-state index in [0.29, 0.717) is 23.9 Å². The SMILES string of the molecule is O=C(c1ccc2n(c1=O)C[C@@H]1CNC[C@H]2C1)N(CCc1ccccc1)C1CCCC1. The topological polar surface area (TPSA) is 54.3 Å². The fourth-order valence-corrected chi connectivity index (χ4v) is 5.67. The molecule has 1 aliphatic carbocycles. The third kappa shape index (κ3) is 3.71. The van der Waals surface area contributed by atoms with Crippen molar-refractivity contribution in [2.75, 3.05) is 19.6 Å². The molecule has 3 heterocycles. The van der Waals surface area contributed by atoms with Crippen molar-refractivity contribution in [2.45, 2.75) is 57.0 Å². The predicted molar refractivity (Wildman–Crippen MR) is 118 cm³/mol. The van der Waals surface area contributed by atoms with Gasteiger partial charge in [0.2, 0.25) is 0 Å². The highest BCUT2D eigenvalue weighted by molar-refractivity contribution is 5.94. The van der Waals surface area contributed by atoms with Crippen LogP contribution in [0.1, 0.15) is 59.6 Å². The van der Waals surface area contributed by atoms with Crippen molar-refractivity contribution in [3.8, 4) is 0 Å². The number of nitrogens with zero attached hydrogens (tertiary/aromatic N) is 2. The van der Waals surface area contributed by atoms with Crippen molar-refractivity contribution in [2.24, 2.45) is 5.92 Å². The van der Waals surface area contributed by atoms with E-state index in [1.807, 2.05) is 33.7 Å². The number of aromatic nitrogens is 1. The maximum atomic E-state index is 13.6. The number of hydrogen-bond acceptors (Lipinski definition) is 3. The zero-order valence-electron chi connectivity index (χ0n) is 17.6. The molecule has 1 aromatic carbocycles. The van der Waals surface area contributed by atoms with Crippen LogP contribution in [0.15, 0.2) is 47.3 Å². The number of benzene rings is 1. The molecule has 2 fully saturated rings. The van der Waals surface area contributed by atoms with Crippen molar-refractivity contribution >= 4 is 5.91 Å². The molecule has 1 aromatic heterocycles. The van der Waals surface area contributed by atoms with Crippen LogP contribution in [0.25, 0.3) is 0 Å². The lowest BCUT2D eigenvalue weighted by Crippen LogP contribution is -2.47. The third-order valence-electron chi connectivity index (χ3n) is 7.25. The Morgan fingerprint density at radius 3 is 2.67 bits per heavy atom. The predicted octanol–water partition coefficient (Wildman–Crippen LogP) is 3.18. The molecular weight excluding hydrogens is 374 g/mol. The number of hydrogen-bond donors (Lipinski definition) is 1. The molecule has 2 aliphatic heterocycles. The van der Waals surface area contributed by atoms with Gasteiger partial charge in [-0.1, -0.05) is 43.2 Å². The van der Waals surface area contributed by atoms with Crippen LogP contribution in [-0.2, 0) is 13.0 Å². The Bertz CT molecular complexity index is 962. The van der Waals surface area contributed by atoms with Crippen molar-refractivity contribution in [1.29, 1.82) is 0 Å². The standard InChI is InChI=1S/C25H31N3O2/c29-24(27(21-8-4-5-9-21)13-12-18-6-2-1-3-7-18)22-10-11-23-20-14-19(15-26-16-20)17-28(23)25(22)30/h1-3,6-7,10-11,19-21,26H,4-5,8-9,12-17H2/t19-,20+/m0/s1. The highest BCUT2D eigenvalue weighted by Gasteiger charge is 2.34. The maximum Gasteiger partial charge on any atom is 0.263 e. The summed E-state index contributed by atoms with van der Waals surface area (Å²) in [6, 6.07) is 14.4. The second kappa shape index (κ2) is 8.38. The van der Waals surface area contributed by atoms with Crippen LogP contribution >= 0.6 is 0 Å². The van der Waals surface area contributed by atoms with Gasteiger partial charge in [-0.2, -0.15) is 0 Å². The van der Waals surface area contributed by atoms with E-state index in [-0.39, 0.29) is 17.5 Å². The number of amides is 1. The molecule has 0 unspecified atom stereocenters. The summed E-state index contributed by atoms with van der Waals surface area (Å²) in [6.45, 7) is 3.29. The Morgan fingerprint density at radius 1 is 1.07 bits per heavy atom. The lowest BCUT2D eigenvalue weighted by molar-refractivity contribution is 0.0680. The Hall–Kier alpha value is -2.40. The second-order valence-corrected chi connectivity index (χ2v) is 9.22. The van der Waals surface area contributed by atoms with Gasteiger partial charge in [-0.25, -0.2) is 0 Å². The van der Waals surface area contributed by atoms with Crippen LogP contribution in [0.5, 0.6) is 0 Å². The van der Waals surface area contributed by atoms with Gasteiger partial charge in [-0.3, -0.25) is 9.59 Å². The number of fused-ring (bicyclic) bond motifs is 4. The summed E-state index contributed by atoms with van der Waals surface area (Å²) in [5.41, 5.74) is 2.59. The molecule has 30 heavy (non-hydrogen) atoms. The average molecular weight is 406 g/mol. The normalized spacial score (nSPS) is 23.2. The van der Waals surface area contributed by atoms with E-state index in [4.69, 9.17) is 0 Å². The molecule has 1 amide bonds. The quantitative estimate of drug-likeness (QED) is 0.831. The van der Waals surface area contributed by atoms with E-state index in [9.17, 15) is 9.59 Å². The first kappa shape index (κ1) is 19.6. The van der Waals surface area contributed by atoms with Crippen LogP contribution < -0.4 is 10.9 Å². The smallest absolute Gasteiger partial charge is 0.263 e. The van der Waals surface area contributed by atoms with Crippen LogP contribution in [0.2, 0.25) is 0 Å². The van der Waals surface area contributed by atoms with Crippen molar-refractivity contribution in [3.63, 3.8) is 0 Å². The summed E-state index contributed by atoms with van der Waals surface area (Å²) >= 11 is 0. The lowest BCUT2D eigenvalue weighted by Gasteiger charge is -2.37. The molecule has 5 rings (SSSR count). The third-order valence-corrected chi connectivity index (χ3v) is 7.25. The van der Waals surface area contributed by atoms with E-state index in [2.05, 4.69) is 17.4 Å². The monoisotopic (exact) mass is 405 g/mol. The summed E-state index contributed by atoms with van der Waals surface area (Å²) in [5, 5.41) is 3.48. The van der Waals surface area contributed by atoms with Gasteiger partial charge in [0.05, 0.1) is 0 Å². The summed E-state index contributed by atoms with van der Waals surface area (Å²) < 4.78 is 1.90. The first-order valence-electron chi connectivity index (χ1n) is 11.5. The van der Waals surface area contributed by atoms with Gasteiger partial charge < -0.3 is 14.8 Å². The molecular formula is C25H31N3O2. The molecule has 0 radical (unpaired) electrons. The average Bonchev–Trinajstić information content (AvgIpc) is 3.30. The molecule has 1 N–H and O–H groups in total. The summed E-state index contributed by atoms with van der Waals surface area (Å²) in [6.07, 6.45) is 6.39. The minimum absolute atomic E-state index is 0.0769. The minimum Gasteiger partial charge on any atom is -0.335 e. The van der Waals surface area contributed by atoms with E-state index >= 15 is 0 Å². The molecule has 5 heteroatoms. The Labute approximate surface area is 178 Å². The van der Waals surface area contributed by atoms with E-state index < -0.39 is 0 Å². The number of carbonyl (C=O) groups is 1. The molecule has 2 bridgehead atoms. The summed E-state index contributed by atoms with van der Waals surface area (Å²) in [7, 11) is 0. The Morgan fingerprint density at radius 2 is 1.87 bits per heavy atom. The zero-order valence-corrected chi connectivity index (χ0v) is 17.6. The zero-order chi connectivity index (χ0) is 20.5. The maximum absolute atomic E-state index is 13.6. The molecule has 5 nitrogen and oxygen atoms in total. The Balaban J connectivity index is 1.43. The fraction of sp³-hybridized carbons (Fsp3) is 0.520. The van der Waals surface area contributed by atoms with Crippen LogP contribution in [0.3, 0.4) is 0 Å². The van der Waals surface area contributed by atoms with E-state index in [0.717, 1.165) is 51.0 Å². The van der Waals surface area contributed by atoms with Gasteiger partial charge in [0.1, 0.15) is 5.56 Å². The van der Waals surface area contributed by atoms with Gasteiger partial charge >= 0.3 is 0 Å². The molecule has 1 saturated carbocycles. The van der Waals surface area contributed by atoms with Crippen molar-refractivity contribution in [3.05, 3.63) is 69.6 Å². The minimum atomic E-state index is -0.0863. The van der Waals surface area contributed by atoms with Gasteiger partial charge in [0.25, 0.3) is 11.5 Å². The van der Waals surface area contributed by atoms with Crippen molar-refractivity contribution in [1.82, 2.24) is 14.8 Å². The molecule has 2 atom stereocenters. The summed E-state index contributed by atoms with van der Waals surface area (Å²) in [5.74, 6) is 0.800. The molecule has 0 spiro atoms. The van der Waals surface area contributed by atoms with Gasteiger partial charge in [-0.15, -0.1) is 0 Å². The molecule has 1 saturated heterocycles. The number of piperidine rings is 1. The van der Waals surface area contributed by atoms with Crippen LogP contribution in [-0.4, -0.2) is 41.1 Å². The number of rotatable bonds is 5. The number of carbonyl (C=O) groups excluding carboxylic acids is 1. The number of nitrogens with one attached hydrogen (secondary N) is 1. The largest absolute Gasteiger partial charge is 0.335 e. The highest BCUT2D eigenvalue weighted by atomic mass is 16.2. The van der Waals surface area contributed by atoms with E-state index in [1.54, 1.807) is 6.07 Å². The molecule has 3 aliphatic rings. The molecule has 158 valence electrons. The van der Waals surface area contributed by atoms with Crippen LogP contribution in [0.4, 0.5) is 0 Å². The van der Waals surface area contributed by atoms with Crippen LogP contribution in [0, 0.1) is 5.92 Å². The van der Waals surface area contributed by atoms with E-state index in [1.165, 1.54) is 18.4 Å². The van der Waals surface area contributed by atoms with Gasteiger partial charge in [0, 0.05) is 37.3 Å². The van der Waals surface area contributed by atoms with Crippen molar-refractivity contribution < 1.29 is 4.79 Å². The van der Waals surface area contributed by atoms with Gasteiger partial charge in [0.15, 0.2) is 0 Å². The first-order chi connectivity index (χ1) is 14.7. The summed E-state index contributed by atoms with van der Waals surface area (Å²) in [4.78, 5) is 29.0. The Kier molecular flexibility index (Phi) is 5.47. The highest BCUT2D eigenvalue weighted by Crippen LogP contribution is 2.32. The van der Waals surface area contributed by atoms with Gasteiger partial charge in [-0.05, 0) is 55.8 Å². The first-order valence-corrected chi connectivity index (χ1v) is 11.5. The fourth-order valence-electron chi connectivity index (χ4n) is 5.67. The lowest BCUT2D eigenvalue weighted by atomic mass is 9.84. The molecule has 2 aromatic rings. The second-order valence-electron chi connectivity index (χ2n) is 9.22. The number of pyridine rings is 1.